The molecule has 170 valence electrons. The molecule has 3 aromatic heterocycles. The zero-order valence-corrected chi connectivity index (χ0v) is 19.2. The fourth-order valence-electron chi connectivity index (χ4n) is 3.61. The number of nitrogens with one attached hydrogen (secondary N) is 1. The van der Waals surface area contributed by atoms with Gasteiger partial charge < -0.3 is 19.7 Å². The largest absolute Gasteiger partial charge is 0.491 e. The van der Waals surface area contributed by atoms with Crippen LogP contribution in [0.25, 0.3) is 17.2 Å². The van der Waals surface area contributed by atoms with Gasteiger partial charge in [0, 0.05) is 37.6 Å². The molecule has 1 aliphatic rings. The van der Waals surface area contributed by atoms with Crippen LogP contribution < -0.4 is 10.1 Å². The van der Waals surface area contributed by atoms with Crippen molar-refractivity contribution in [1.82, 2.24) is 24.3 Å². The summed E-state index contributed by atoms with van der Waals surface area (Å²) in [5, 5.41) is 3.42. The quantitative estimate of drug-likeness (QED) is 0.643. The Hall–Kier alpha value is -3.36. The van der Waals surface area contributed by atoms with E-state index in [1.807, 2.05) is 63.4 Å². The van der Waals surface area contributed by atoms with Crippen molar-refractivity contribution in [2.45, 2.75) is 58.8 Å². The van der Waals surface area contributed by atoms with E-state index in [1.165, 1.54) is 0 Å². The van der Waals surface area contributed by atoms with Crippen molar-refractivity contribution in [3.8, 4) is 17.3 Å². The van der Waals surface area contributed by atoms with Gasteiger partial charge in [0.25, 0.3) is 0 Å². The number of carbonyl (C=O) groups is 1. The molecule has 0 saturated carbocycles. The summed E-state index contributed by atoms with van der Waals surface area (Å²) in [5.74, 6) is 2.06. The van der Waals surface area contributed by atoms with E-state index in [-0.39, 0.29) is 18.2 Å². The standard InChI is InChI=1S/C23H30N6O3/c1-15(2)31-17-8-11-29-18(13-25-20(29)12-17)21-24-9-6-19(27-21)26-16-7-10-28(14-16)22(30)32-23(3,4)5/h6,8-9,11-13,15-16H,7,10,14H2,1-5H3,(H,24,26,27). The van der Waals surface area contributed by atoms with Crippen LogP contribution in [0.5, 0.6) is 5.75 Å². The van der Waals surface area contributed by atoms with E-state index in [2.05, 4.69) is 20.3 Å². The molecule has 32 heavy (non-hydrogen) atoms. The molecule has 4 heterocycles. The lowest BCUT2D eigenvalue weighted by molar-refractivity contribution is 0.0293. The predicted molar refractivity (Wildman–Crippen MR) is 122 cm³/mol. The number of fused-ring (bicyclic) bond motifs is 1. The number of aromatic nitrogens is 4. The van der Waals surface area contributed by atoms with Crippen LogP contribution in [0.4, 0.5) is 10.6 Å². The van der Waals surface area contributed by atoms with E-state index in [0.29, 0.717) is 24.7 Å². The normalized spacial score (nSPS) is 16.6. The Kier molecular flexibility index (Phi) is 5.90. The average molecular weight is 439 g/mol. The van der Waals surface area contributed by atoms with Crippen LogP contribution in [0.1, 0.15) is 41.0 Å². The fourth-order valence-corrected chi connectivity index (χ4v) is 3.61. The van der Waals surface area contributed by atoms with Crippen LogP contribution in [-0.2, 0) is 4.74 Å². The van der Waals surface area contributed by atoms with Crippen molar-refractivity contribution in [1.29, 1.82) is 0 Å². The minimum atomic E-state index is -0.500. The highest BCUT2D eigenvalue weighted by Crippen LogP contribution is 2.23. The summed E-state index contributed by atoms with van der Waals surface area (Å²) in [4.78, 5) is 27.6. The van der Waals surface area contributed by atoms with Gasteiger partial charge in [0.15, 0.2) is 5.82 Å². The second-order valence-corrected chi connectivity index (χ2v) is 9.22. The molecule has 9 heteroatoms. The van der Waals surface area contributed by atoms with Crippen LogP contribution in [0, 0.1) is 0 Å². The molecule has 1 unspecified atom stereocenters. The Labute approximate surface area is 187 Å². The molecule has 9 nitrogen and oxygen atoms in total. The molecule has 0 aromatic carbocycles. The summed E-state index contributed by atoms with van der Waals surface area (Å²) >= 11 is 0. The minimum Gasteiger partial charge on any atom is -0.491 e. The van der Waals surface area contributed by atoms with Gasteiger partial charge in [-0.2, -0.15) is 0 Å². The molecule has 1 amide bonds. The van der Waals surface area contributed by atoms with Gasteiger partial charge in [-0.1, -0.05) is 0 Å². The fraction of sp³-hybridized carbons (Fsp3) is 0.478. The second kappa shape index (κ2) is 8.64. The number of likely N-dealkylation sites (tertiary alicyclic amines) is 1. The Balaban J connectivity index is 1.46. The third-order valence-corrected chi connectivity index (χ3v) is 4.93. The monoisotopic (exact) mass is 438 g/mol. The van der Waals surface area contributed by atoms with Crippen molar-refractivity contribution in [3.63, 3.8) is 0 Å². The highest BCUT2D eigenvalue weighted by atomic mass is 16.6. The zero-order valence-electron chi connectivity index (χ0n) is 19.2. The SMILES string of the molecule is CC(C)Oc1ccn2c(-c3nccc(NC4CCN(C(=O)OC(C)(C)C)C4)n3)cnc2c1. The molecule has 1 N–H and O–H groups in total. The summed E-state index contributed by atoms with van der Waals surface area (Å²) in [6.45, 7) is 10.8. The lowest BCUT2D eigenvalue weighted by Gasteiger charge is -2.24. The highest BCUT2D eigenvalue weighted by Gasteiger charge is 2.30. The van der Waals surface area contributed by atoms with Crippen LogP contribution in [0.2, 0.25) is 0 Å². The van der Waals surface area contributed by atoms with E-state index in [9.17, 15) is 4.79 Å². The Bertz CT molecular complexity index is 1100. The Morgan fingerprint density at radius 2 is 2.06 bits per heavy atom. The maximum absolute atomic E-state index is 12.3. The summed E-state index contributed by atoms with van der Waals surface area (Å²) in [6, 6.07) is 5.74. The zero-order chi connectivity index (χ0) is 22.9. The van der Waals surface area contributed by atoms with Crippen LogP contribution in [0.15, 0.2) is 36.8 Å². The number of hydrogen-bond donors (Lipinski definition) is 1. The molecule has 0 aliphatic carbocycles. The number of nitrogens with zero attached hydrogens (tertiary/aromatic N) is 5. The number of ether oxygens (including phenoxy) is 2. The lowest BCUT2D eigenvalue weighted by Crippen LogP contribution is -2.36. The van der Waals surface area contributed by atoms with Gasteiger partial charge in [-0.25, -0.2) is 19.7 Å². The van der Waals surface area contributed by atoms with E-state index in [1.54, 1.807) is 17.3 Å². The molecule has 0 spiro atoms. The van der Waals surface area contributed by atoms with Gasteiger partial charge in [-0.05, 0) is 53.2 Å². The molecule has 3 aromatic rings. The number of carbonyl (C=O) groups excluding carboxylic acids is 1. The molecule has 0 radical (unpaired) electrons. The maximum Gasteiger partial charge on any atom is 0.410 e. The van der Waals surface area contributed by atoms with Gasteiger partial charge in [0.1, 0.15) is 28.5 Å². The smallest absolute Gasteiger partial charge is 0.410 e. The predicted octanol–water partition coefficient (Wildman–Crippen LogP) is 4.00. The van der Waals surface area contributed by atoms with Gasteiger partial charge in [-0.3, -0.25) is 4.40 Å². The number of amides is 1. The number of hydrogen-bond acceptors (Lipinski definition) is 7. The molecule has 4 rings (SSSR count). The van der Waals surface area contributed by atoms with Crippen LogP contribution in [-0.4, -0.2) is 61.2 Å². The Morgan fingerprint density at radius 1 is 1.25 bits per heavy atom. The first-order valence-corrected chi connectivity index (χ1v) is 10.9. The highest BCUT2D eigenvalue weighted by molar-refractivity contribution is 5.68. The van der Waals surface area contributed by atoms with Gasteiger partial charge in [-0.15, -0.1) is 0 Å². The van der Waals surface area contributed by atoms with Gasteiger partial charge >= 0.3 is 6.09 Å². The number of pyridine rings is 1. The number of imidazole rings is 1. The van der Waals surface area contributed by atoms with Crippen LogP contribution in [0.3, 0.4) is 0 Å². The molecule has 0 bridgehead atoms. The summed E-state index contributed by atoms with van der Waals surface area (Å²) in [6.07, 6.45) is 6.03. The first-order valence-electron chi connectivity index (χ1n) is 10.9. The van der Waals surface area contributed by atoms with E-state index in [4.69, 9.17) is 9.47 Å². The second-order valence-electron chi connectivity index (χ2n) is 9.22. The number of rotatable bonds is 5. The third-order valence-electron chi connectivity index (χ3n) is 4.93. The molecule has 1 atom stereocenters. The summed E-state index contributed by atoms with van der Waals surface area (Å²) in [5.41, 5.74) is 1.06. The summed E-state index contributed by atoms with van der Waals surface area (Å²) < 4.78 is 13.2. The molecule has 1 aliphatic heterocycles. The molecule has 1 saturated heterocycles. The van der Waals surface area contributed by atoms with Crippen molar-refractivity contribution in [3.05, 3.63) is 36.8 Å². The van der Waals surface area contributed by atoms with E-state index in [0.717, 1.165) is 23.5 Å². The lowest BCUT2D eigenvalue weighted by atomic mass is 10.2. The van der Waals surface area contributed by atoms with E-state index < -0.39 is 5.60 Å². The van der Waals surface area contributed by atoms with Gasteiger partial charge in [0.05, 0.1) is 12.3 Å². The molecular weight excluding hydrogens is 408 g/mol. The minimum absolute atomic E-state index is 0.0970. The Morgan fingerprint density at radius 3 is 2.81 bits per heavy atom. The van der Waals surface area contributed by atoms with Gasteiger partial charge in [0.2, 0.25) is 0 Å². The average Bonchev–Trinajstić information content (AvgIpc) is 3.33. The van der Waals surface area contributed by atoms with Crippen LogP contribution >= 0.6 is 0 Å². The molecular formula is C23H30N6O3. The van der Waals surface area contributed by atoms with Crippen molar-refractivity contribution in [2.75, 3.05) is 18.4 Å². The van der Waals surface area contributed by atoms with E-state index >= 15 is 0 Å². The summed E-state index contributed by atoms with van der Waals surface area (Å²) in [7, 11) is 0. The first kappa shape index (κ1) is 21.9. The van der Waals surface area contributed by atoms with Crippen molar-refractivity contribution < 1.29 is 14.3 Å². The number of anilines is 1. The molecule has 1 fully saturated rings. The van der Waals surface area contributed by atoms with Crippen molar-refractivity contribution >= 4 is 17.6 Å². The first-order chi connectivity index (χ1) is 15.2. The topological polar surface area (TPSA) is 93.9 Å². The van der Waals surface area contributed by atoms with Crippen molar-refractivity contribution in [2.24, 2.45) is 0 Å². The third kappa shape index (κ3) is 5.09. The maximum atomic E-state index is 12.3.